The minimum absolute atomic E-state index is 0.000538. The van der Waals surface area contributed by atoms with Gasteiger partial charge in [-0.15, -0.1) is 0 Å². The monoisotopic (exact) mass is 409 g/mol. The first-order valence-corrected chi connectivity index (χ1v) is 9.80. The van der Waals surface area contributed by atoms with Crippen LogP contribution in [0.4, 0.5) is 4.79 Å². The number of carbonyl (C=O) groups is 2. The van der Waals surface area contributed by atoms with Crippen molar-refractivity contribution in [3.63, 3.8) is 0 Å². The SMILES string of the molecule is CC(=O)N(C)Cc1ccc(Cn2c(=O)n(C(=O)OC(C)(C)C)c3ccccc32)cc1. The molecule has 0 saturated heterocycles. The number of fused-ring (bicyclic) bond motifs is 1. The highest BCUT2D eigenvalue weighted by atomic mass is 16.6. The molecule has 0 N–H and O–H groups in total. The number of aromatic nitrogens is 2. The van der Waals surface area contributed by atoms with E-state index in [1.165, 1.54) is 6.92 Å². The van der Waals surface area contributed by atoms with Crippen LogP contribution in [-0.4, -0.2) is 38.7 Å². The maximum absolute atomic E-state index is 13.1. The second-order valence-electron chi connectivity index (χ2n) is 8.36. The fraction of sp³-hybridized carbons (Fsp3) is 0.348. The van der Waals surface area contributed by atoms with Gasteiger partial charge in [0.2, 0.25) is 5.91 Å². The maximum Gasteiger partial charge on any atom is 0.423 e. The van der Waals surface area contributed by atoms with E-state index in [1.54, 1.807) is 49.4 Å². The summed E-state index contributed by atoms with van der Waals surface area (Å²) in [6.07, 6.45) is -0.690. The predicted molar refractivity (Wildman–Crippen MR) is 116 cm³/mol. The van der Waals surface area contributed by atoms with Crippen molar-refractivity contribution in [2.45, 2.75) is 46.4 Å². The van der Waals surface area contributed by atoms with E-state index in [0.717, 1.165) is 15.7 Å². The Morgan fingerprint density at radius 3 is 2.10 bits per heavy atom. The molecule has 0 radical (unpaired) electrons. The topological polar surface area (TPSA) is 73.5 Å². The fourth-order valence-corrected chi connectivity index (χ4v) is 3.16. The summed E-state index contributed by atoms with van der Waals surface area (Å²) >= 11 is 0. The van der Waals surface area contributed by atoms with E-state index < -0.39 is 17.4 Å². The molecule has 0 atom stereocenters. The molecule has 0 aliphatic heterocycles. The minimum Gasteiger partial charge on any atom is -0.443 e. The van der Waals surface area contributed by atoms with Crippen LogP contribution < -0.4 is 5.69 Å². The van der Waals surface area contributed by atoms with Gasteiger partial charge in [0.25, 0.3) is 0 Å². The third kappa shape index (κ3) is 4.62. The number of hydrogen-bond acceptors (Lipinski definition) is 4. The van der Waals surface area contributed by atoms with Gasteiger partial charge >= 0.3 is 11.8 Å². The lowest BCUT2D eigenvalue weighted by molar-refractivity contribution is -0.128. The summed E-state index contributed by atoms with van der Waals surface area (Å²) in [5, 5.41) is 0. The van der Waals surface area contributed by atoms with Gasteiger partial charge in [-0.25, -0.2) is 9.59 Å². The van der Waals surface area contributed by atoms with E-state index in [4.69, 9.17) is 4.74 Å². The van der Waals surface area contributed by atoms with Crippen molar-refractivity contribution >= 4 is 23.0 Å². The quantitative estimate of drug-likeness (QED) is 0.660. The Hall–Kier alpha value is -3.35. The van der Waals surface area contributed by atoms with Gasteiger partial charge in [-0.3, -0.25) is 9.36 Å². The van der Waals surface area contributed by atoms with Gasteiger partial charge in [0.15, 0.2) is 0 Å². The summed E-state index contributed by atoms with van der Waals surface area (Å²) in [5.74, 6) is 0.000538. The molecule has 3 aromatic rings. The number of benzene rings is 2. The average molecular weight is 409 g/mol. The summed E-state index contributed by atoms with van der Waals surface area (Å²) in [6, 6.07) is 14.9. The van der Waals surface area contributed by atoms with Crippen LogP contribution in [0.5, 0.6) is 0 Å². The van der Waals surface area contributed by atoms with Crippen LogP contribution in [0.3, 0.4) is 0 Å². The molecule has 0 unspecified atom stereocenters. The number of imidazole rings is 1. The number of para-hydroxylation sites is 2. The van der Waals surface area contributed by atoms with Crippen molar-refractivity contribution in [2.24, 2.45) is 0 Å². The minimum atomic E-state index is -0.706. The third-order valence-corrected chi connectivity index (χ3v) is 4.73. The van der Waals surface area contributed by atoms with Crippen molar-refractivity contribution in [3.8, 4) is 0 Å². The number of nitrogens with zero attached hydrogens (tertiary/aromatic N) is 3. The lowest BCUT2D eigenvalue weighted by Gasteiger charge is -2.19. The van der Waals surface area contributed by atoms with Gasteiger partial charge in [-0.05, 0) is 44.0 Å². The first-order chi connectivity index (χ1) is 14.1. The Kier molecular flexibility index (Phi) is 5.82. The van der Waals surface area contributed by atoms with Crippen LogP contribution in [0.2, 0.25) is 0 Å². The Balaban J connectivity index is 1.94. The van der Waals surface area contributed by atoms with Crippen molar-refractivity contribution in [3.05, 3.63) is 70.1 Å². The zero-order valence-corrected chi connectivity index (χ0v) is 18.0. The first kappa shape index (κ1) is 21.4. The number of rotatable bonds is 4. The molecule has 0 bridgehead atoms. The van der Waals surface area contributed by atoms with Crippen LogP contribution in [0.15, 0.2) is 53.3 Å². The molecule has 1 aromatic heterocycles. The third-order valence-electron chi connectivity index (χ3n) is 4.73. The Labute approximate surface area is 175 Å². The molecule has 1 amide bonds. The van der Waals surface area contributed by atoms with Crippen LogP contribution in [0.1, 0.15) is 38.8 Å². The molecule has 0 aliphatic carbocycles. The van der Waals surface area contributed by atoms with E-state index in [1.807, 2.05) is 36.4 Å². The van der Waals surface area contributed by atoms with Crippen LogP contribution in [-0.2, 0) is 22.6 Å². The van der Waals surface area contributed by atoms with Crippen molar-refractivity contribution < 1.29 is 14.3 Å². The standard InChI is InChI=1S/C23H27N3O4/c1-16(27)24(5)14-17-10-12-18(13-11-17)15-25-19-8-6-7-9-20(19)26(21(25)28)22(29)30-23(2,3)4/h6-13H,14-15H2,1-5H3. The van der Waals surface area contributed by atoms with Gasteiger partial charge in [-0.2, -0.15) is 4.57 Å². The second kappa shape index (κ2) is 8.18. The average Bonchev–Trinajstić information content (AvgIpc) is 2.93. The zero-order chi connectivity index (χ0) is 22.1. The van der Waals surface area contributed by atoms with Crippen molar-refractivity contribution in [2.75, 3.05) is 7.05 Å². The highest BCUT2D eigenvalue weighted by Gasteiger charge is 2.23. The lowest BCUT2D eigenvalue weighted by atomic mass is 10.1. The number of ether oxygens (including phenoxy) is 1. The Morgan fingerprint density at radius 1 is 0.967 bits per heavy atom. The molecule has 158 valence electrons. The molecule has 0 aliphatic rings. The van der Waals surface area contributed by atoms with Gasteiger partial charge in [-0.1, -0.05) is 36.4 Å². The smallest absolute Gasteiger partial charge is 0.423 e. The molecule has 0 fully saturated rings. The molecule has 30 heavy (non-hydrogen) atoms. The molecule has 0 spiro atoms. The van der Waals surface area contributed by atoms with Crippen LogP contribution >= 0.6 is 0 Å². The zero-order valence-electron chi connectivity index (χ0n) is 18.0. The van der Waals surface area contributed by atoms with E-state index in [0.29, 0.717) is 24.1 Å². The van der Waals surface area contributed by atoms with E-state index in [-0.39, 0.29) is 5.91 Å². The van der Waals surface area contributed by atoms with Gasteiger partial charge < -0.3 is 9.64 Å². The molecule has 3 rings (SSSR count). The summed E-state index contributed by atoms with van der Waals surface area (Å²) in [6.45, 7) is 7.66. The number of carbonyl (C=O) groups excluding carboxylic acids is 2. The Bertz CT molecular complexity index is 1130. The predicted octanol–water partition coefficient (Wildman–Crippen LogP) is 3.61. The highest BCUT2D eigenvalue weighted by molar-refractivity contribution is 5.87. The van der Waals surface area contributed by atoms with Gasteiger partial charge in [0, 0.05) is 20.5 Å². The molecule has 7 nitrogen and oxygen atoms in total. The van der Waals surface area contributed by atoms with E-state index >= 15 is 0 Å². The first-order valence-electron chi connectivity index (χ1n) is 9.80. The maximum atomic E-state index is 13.1. The summed E-state index contributed by atoms with van der Waals surface area (Å²) in [4.78, 5) is 38.8. The molecular weight excluding hydrogens is 382 g/mol. The lowest BCUT2D eigenvalue weighted by Crippen LogP contribution is -2.34. The summed E-state index contributed by atoms with van der Waals surface area (Å²) < 4.78 is 8.07. The van der Waals surface area contributed by atoms with Crippen LogP contribution in [0, 0.1) is 0 Å². The van der Waals surface area contributed by atoms with Gasteiger partial charge in [0.05, 0.1) is 17.6 Å². The summed E-state index contributed by atoms with van der Waals surface area (Å²) in [7, 11) is 1.75. The van der Waals surface area contributed by atoms with E-state index in [2.05, 4.69) is 0 Å². The fourth-order valence-electron chi connectivity index (χ4n) is 3.16. The van der Waals surface area contributed by atoms with Crippen LogP contribution in [0.25, 0.3) is 11.0 Å². The second-order valence-corrected chi connectivity index (χ2v) is 8.36. The highest BCUT2D eigenvalue weighted by Crippen LogP contribution is 2.17. The van der Waals surface area contributed by atoms with E-state index in [9.17, 15) is 14.4 Å². The number of amides is 1. The Morgan fingerprint density at radius 2 is 1.53 bits per heavy atom. The molecule has 0 saturated carbocycles. The molecular formula is C23H27N3O4. The number of hydrogen-bond donors (Lipinski definition) is 0. The normalized spacial score (nSPS) is 11.5. The van der Waals surface area contributed by atoms with Crippen molar-refractivity contribution in [1.82, 2.24) is 14.0 Å². The van der Waals surface area contributed by atoms with Crippen molar-refractivity contribution in [1.29, 1.82) is 0 Å². The van der Waals surface area contributed by atoms with Gasteiger partial charge in [0.1, 0.15) is 5.60 Å². The molecule has 1 heterocycles. The molecule has 2 aromatic carbocycles. The largest absolute Gasteiger partial charge is 0.443 e. The molecule has 7 heteroatoms. The summed E-state index contributed by atoms with van der Waals surface area (Å²) in [5.41, 5.74) is 1.94.